The second-order valence-corrected chi connectivity index (χ2v) is 10.2. The van der Waals surface area contributed by atoms with Gasteiger partial charge in [0.2, 0.25) is 5.88 Å². The molecule has 1 aromatic heterocycles. The minimum absolute atomic E-state index is 0.215. The molecule has 1 fully saturated rings. The van der Waals surface area contributed by atoms with Crippen LogP contribution >= 0.6 is 0 Å². The zero-order valence-corrected chi connectivity index (χ0v) is 21.1. The Morgan fingerprint density at radius 1 is 1.15 bits per heavy atom. The molecule has 1 atom stereocenters. The molecule has 2 heterocycles. The van der Waals surface area contributed by atoms with Crippen LogP contribution in [0.4, 0.5) is 0 Å². The van der Waals surface area contributed by atoms with E-state index in [1.165, 1.54) is 0 Å². The molecule has 0 radical (unpaired) electrons. The van der Waals surface area contributed by atoms with Crippen molar-refractivity contribution in [2.75, 3.05) is 13.2 Å². The lowest BCUT2D eigenvalue weighted by Crippen LogP contribution is -2.41. The number of aromatic nitrogens is 2. The van der Waals surface area contributed by atoms with Gasteiger partial charge >= 0.3 is 13.1 Å². The second kappa shape index (κ2) is 9.23. The summed E-state index contributed by atoms with van der Waals surface area (Å²) in [4.78, 5) is 13.1. The molecule has 1 aliphatic heterocycles. The molecule has 0 bridgehead atoms. The van der Waals surface area contributed by atoms with E-state index >= 15 is 0 Å². The van der Waals surface area contributed by atoms with Crippen molar-refractivity contribution in [3.63, 3.8) is 0 Å². The van der Waals surface area contributed by atoms with Crippen LogP contribution in [0.2, 0.25) is 0 Å². The third-order valence-electron chi connectivity index (χ3n) is 7.31. The van der Waals surface area contributed by atoms with Crippen molar-refractivity contribution < 1.29 is 23.6 Å². The largest absolute Gasteiger partial charge is 0.490 e. The summed E-state index contributed by atoms with van der Waals surface area (Å²) in [6.07, 6.45) is 3.87. The van der Waals surface area contributed by atoms with Crippen molar-refractivity contribution in [1.29, 1.82) is 0 Å². The van der Waals surface area contributed by atoms with Crippen LogP contribution in [0.5, 0.6) is 5.88 Å². The van der Waals surface area contributed by atoms with Gasteiger partial charge in [-0.2, -0.15) is 5.10 Å². The van der Waals surface area contributed by atoms with E-state index in [0.717, 1.165) is 16.7 Å². The standard InChI is InChI=1S/C26H35BN2O5/c1-7-31-23(30)26(15-13-20(14-16-26)27-33-24(2,3)25(4,5)34-27)18-32-22-17-21(28-29(22)6)19-11-9-8-10-12-19/h8-13,17H,7,14-16,18H2,1-6H3. The van der Waals surface area contributed by atoms with E-state index in [1.54, 1.807) is 4.68 Å². The Balaban J connectivity index is 1.50. The molecule has 7 nitrogen and oxygen atoms in total. The van der Waals surface area contributed by atoms with Crippen LogP contribution in [-0.4, -0.2) is 47.3 Å². The summed E-state index contributed by atoms with van der Waals surface area (Å²) in [5, 5.41) is 4.57. The molecular weight excluding hydrogens is 431 g/mol. The van der Waals surface area contributed by atoms with Crippen molar-refractivity contribution in [3.8, 4) is 17.1 Å². The van der Waals surface area contributed by atoms with Gasteiger partial charge in [-0.1, -0.05) is 36.4 Å². The number of allylic oxidation sites excluding steroid dienone is 2. The number of esters is 1. The van der Waals surface area contributed by atoms with Crippen molar-refractivity contribution in [2.24, 2.45) is 12.5 Å². The zero-order chi connectivity index (χ0) is 24.6. The van der Waals surface area contributed by atoms with Gasteiger partial charge < -0.3 is 18.8 Å². The quantitative estimate of drug-likeness (QED) is 0.433. The van der Waals surface area contributed by atoms with E-state index < -0.39 is 23.7 Å². The Hall–Kier alpha value is -2.58. The van der Waals surface area contributed by atoms with Crippen LogP contribution in [0.15, 0.2) is 47.9 Å². The van der Waals surface area contributed by atoms with E-state index in [9.17, 15) is 4.79 Å². The SMILES string of the molecule is CCOC(=O)C1(COc2cc(-c3ccccc3)nn2C)CC=C(B2OC(C)(C)C(C)(C)O2)CC1. The minimum atomic E-state index is -0.764. The Morgan fingerprint density at radius 3 is 2.41 bits per heavy atom. The highest BCUT2D eigenvalue weighted by Gasteiger charge is 2.53. The third kappa shape index (κ3) is 4.66. The molecule has 1 unspecified atom stereocenters. The number of nitrogens with zero attached hydrogens (tertiary/aromatic N) is 2. The maximum atomic E-state index is 13.1. The summed E-state index contributed by atoms with van der Waals surface area (Å²) >= 11 is 0. The average molecular weight is 466 g/mol. The molecule has 182 valence electrons. The second-order valence-electron chi connectivity index (χ2n) is 10.2. The highest BCUT2D eigenvalue weighted by molar-refractivity contribution is 6.54. The summed E-state index contributed by atoms with van der Waals surface area (Å²) in [7, 11) is 1.45. The highest BCUT2D eigenvalue weighted by Crippen LogP contribution is 2.43. The smallest absolute Gasteiger partial charge is 0.477 e. The predicted octanol–water partition coefficient (Wildman–Crippen LogP) is 4.76. The fourth-order valence-electron chi connectivity index (χ4n) is 4.33. The molecule has 0 N–H and O–H groups in total. The Bertz CT molecular complexity index is 1050. The molecule has 2 aromatic rings. The zero-order valence-electron chi connectivity index (χ0n) is 21.1. The summed E-state index contributed by atoms with van der Waals surface area (Å²) < 4.78 is 25.8. The summed E-state index contributed by atoms with van der Waals surface area (Å²) in [5.74, 6) is 0.382. The van der Waals surface area contributed by atoms with Gasteiger partial charge in [-0.05, 0) is 59.4 Å². The van der Waals surface area contributed by atoms with Crippen molar-refractivity contribution in [2.45, 2.75) is 65.1 Å². The molecule has 1 saturated heterocycles. The van der Waals surface area contributed by atoms with Gasteiger partial charge in [0.15, 0.2) is 0 Å². The average Bonchev–Trinajstić information content (AvgIpc) is 3.28. The number of rotatable bonds is 7. The Morgan fingerprint density at radius 2 is 1.82 bits per heavy atom. The van der Waals surface area contributed by atoms with Crippen molar-refractivity contribution in [3.05, 3.63) is 47.9 Å². The van der Waals surface area contributed by atoms with Crippen LogP contribution in [0.1, 0.15) is 53.9 Å². The first-order valence-electron chi connectivity index (χ1n) is 12.0. The number of hydrogen-bond donors (Lipinski definition) is 0. The first kappa shape index (κ1) is 24.5. The van der Waals surface area contributed by atoms with E-state index in [2.05, 4.69) is 11.2 Å². The van der Waals surface area contributed by atoms with Crippen LogP contribution in [0, 0.1) is 5.41 Å². The summed E-state index contributed by atoms with van der Waals surface area (Å²) in [6.45, 7) is 10.6. The number of hydrogen-bond acceptors (Lipinski definition) is 6. The molecule has 0 amide bonds. The molecule has 1 aromatic carbocycles. The molecule has 8 heteroatoms. The molecule has 34 heavy (non-hydrogen) atoms. The van der Waals surface area contributed by atoms with E-state index in [0.29, 0.717) is 31.7 Å². The topological polar surface area (TPSA) is 71.8 Å². The summed E-state index contributed by atoms with van der Waals surface area (Å²) in [5.41, 5.74) is 1.36. The third-order valence-corrected chi connectivity index (χ3v) is 7.31. The van der Waals surface area contributed by atoms with Gasteiger partial charge in [-0.15, -0.1) is 0 Å². The first-order chi connectivity index (χ1) is 16.1. The maximum Gasteiger partial charge on any atom is 0.490 e. The van der Waals surface area contributed by atoms with Crippen LogP contribution in [0.3, 0.4) is 0 Å². The molecule has 1 aliphatic carbocycles. The molecule has 2 aliphatic rings. The monoisotopic (exact) mass is 466 g/mol. The van der Waals surface area contributed by atoms with E-state index in [4.69, 9.17) is 18.8 Å². The van der Waals surface area contributed by atoms with E-state index in [-0.39, 0.29) is 12.6 Å². The van der Waals surface area contributed by atoms with E-state index in [1.807, 2.05) is 78.1 Å². The van der Waals surface area contributed by atoms with Crippen molar-refractivity contribution in [1.82, 2.24) is 9.78 Å². The lowest BCUT2D eigenvalue weighted by atomic mass is 9.66. The fourth-order valence-corrected chi connectivity index (χ4v) is 4.33. The number of benzene rings is 1. The number of aryl methyl sites for hydroxylation is 1. The van der Waals surface area contributed by atoms with Gasteiger partial charge in [-0.3, -0.25) is 4.79 Å². The molecule has 0 saturated carbocycles. The number of carbonyl (C=O) groups is 1. The maximum absolute atomic E-state index is 13.1. The van der Waals surface area contributed by atoms with Gasteiger partial charge in [0.1, 0.15) is 12.0 Å². The predicted molar refractivity (Wildman–Crippen MR) is 131 cm³/mol. The summed E-state index contributed by atoms with van der Waals surface area (Å²) in [6, 6.07) is 11.9. The normalized spacial score (nSPS) is 23.5. The number of ether oxygens (including phenoxy) is 2. The molecular formula is C26H35BN2O5. The minimum Gasteiger partial charge on any atom is -0.477 e. The number of carbonyl (C=O) groups excluding carboxylic acids is 1. The van der Waals surface area contributed by atoms with Crippen LogP contribution < -0.4 is 4.74 Å². The van der Waals surface area contributed by atoms with Crippen LogP contribution in [0.25, 0.3) is 11.3 Å². The Kier molecular flexibility index (Phi) is 6.66. The first-order valence-corrected chi connectivity index (χ1v) is 12.0. The van der Waals surface area contributed by atoms with Gasteiger partial charge in [0.05, 0.1) is 23.5 Å². The van der Waals surface area contributed by atoms with Gasteiger partial charge in [0, 0.05) is 18.7 Å². The van der Waals surface area contributed by atoms with Crippen molar-refractivity contribution >= 4 is 13.1 Å². The lowest BCUT2D eigenvalue weighted by Gasteiger charge is -2.34. The fraction of sp³-hybridized carbons (Fsp3) is 0.538. The van der Waals surface area contributed by atoms with Crippen LogP contribution in [-0.2, 0) is 25.9 Å². The molecule has 0 spiro atoms. The van der Waals surface area contributed by atoms with Gasteiger partial charge in [0.25, 0.3) is 0 Å². The Labute approximate surface area is 202 Å². The highest BCUT2D eigenvalue weighted by atomic mass is 16.7. The van der Waals surface area contributed by atoms with Gasteiger partial charge in [-0.25, -0.2) is 4.68 Å². The molecule has 4 rings (SSSR count). The lowest BCUT2D eigenvalue weighted by molar-refractivity contribution is -0.158.